The fourth-order valence-electron chi connectivity index (χ4n) is 12.8. The highest BCUT2D eigenvalue weighted by Crippen LogP contribution is 2.70. The third kappa shape index (κ3) is 4.60. The van der Waals surface area contributed by atoms with Crippen molar-refractivity contribution in [3.05, 3.63) is 193 Å². The summed E-state index contributed by atoms with van der Waals surface area (Å²) in [5.41, 5.74) is 16.0. The van der Waals surface area contributed by atoms with Gasteiger partial charge in [0, 0.05) is 38.9 Å². The first-order valence-corrected chi connectivity index (χ1v) is 21.4. The lowest BCUT2D eigenvalue weighted by molar-refractivity contribution is -0.0399. The lowest BCUT2D eigenvalue weighted by Gasteiger charge is -2.61. The average molecular weight is 745 g/mol. The Kier molecular flexibility index (Phi) is 6.94. The molecule has 4 bridgehead atoms. The number of para-hydroxylation sites is 2. The zero-order valence-corrected chi connectivity index (χ0v) is 32.6. The van der Waals surface area contributed by atoms with E-state index in [2.05, 4.69) is 191 Å². The van der Waals surface area contributed by atoms with Gasteiger partial charge in [0.25, 0.3) is 0 Å². The predicted molar refractivity (Wildman–Crippen MR) is 242 cm³/mol. The molecule has 0 atom stereocenters. The monoisotopic (exact) mass is 744 g/mol. The van der Waals surface area contributed by atoms with Crippen molar-refractivity contribution in [2.75, 3.05) is 4.90 Å². The zero-order valence-electron chi connectivity index (χ0n) is 32.6. The number of fused-ring (bicyclic) bond motifs is 7. The van der Waals surface area contributed by atoms with Crippen molar-refractivity contribution in [1.82, 2.24) is 4.57 Å². The second-order valence-corrected chi connectivity index (χ2v) is 17.8. The van der Waals surface area contributed by atoms with Gasteiger partial charge in [-0.1, -0.05) is 121 Å². The maximum atomic E-state index is 2.64. The molecule has 1 spiro atoms. The number of anilines is 3. The van der Waals surface area contributed by atoms with Crippen LogP contribution >= 0.6 is 0 Å². The third-order valence-corrected chi connectivity index (χ3v) is 14.9. The summed E-state index contributed by atoms with van der Waals surface area (Å²) >= 11 is 0. The zero-order chi connectivity index (χ0) is 38.0. The summed E-state index contributed by atoms with van der Waals surface area (Å²) in [5, 5.41) is 5.17. The standard InChI is InChI=1S/C56H44N2/c1-2-10-38(11-3-1)40-18-21-44(22-19-40)57(45-23-20-39-12-4-5-13-41(39)33-45)46-24-26-48-49-27-25-47(58-54-16-8-6-14-50(54)51-15-7-9-17-55(51)58)35-53(49)56(52(48)34-46)42-29-36-28-37(31-42)32-43(56)30-36/h1-27,33-37,42-43H,28-32H2. The van der Waals surface area contributed by atoms with Crippen LogP contribution < -0.4 is 4.90 Å². The molecule has 0 radical (unpaired) electrons. The van der Waals surface area contributed by atoms with Gasteiger partial charge >= 0.3 is 0 Å². The van der Waals surface area contributed by atoms with Crippen LogP contribution in [-0.4, -0.2) is 4.57 Å². The SMILES string of the molecule is c1ccc(-c2ccc(N(c3ccc4c(c3)C3(c5cc(-n6c7ccccc7c7ccccc76)ccc5-4)C4CC5CC(C4)CC3C5)c3ccc4ccccc4c3)cc2)cc1. The molecule has 58 heavy (non-hydrogen) atoms. The molecule has 2 heteroatoms. The number of rotatable bonds is 5. The number of aromatic nitrogens is 1. The van der Waals surface area contributed by atoms with Gasteiger partial charge in [-0.2, -0.15) is 0 Å². The van der Waals surface area contributed by atoms with E-state index in [0.717, 1.165) is 11.8 Å². The molecule has 0 amide bonds. The van der Waals surface area contributed by atoms with Gasteiger partial charge in [0.15, 0.2) is 0 Å². The summed E-state index contributed by atoms with van der Waals surface area (Å²) in [6, 6.07) is 68.6. The van der Waals surface area contributed by atoms with Crippen LogP contribution in [0.15, 0.2) is 182 Å². The molecule has 1 aromatic heterocycles. The van der Waals surface area contributed by atoms with E-state index in [1.54, 1.807) is 11.1 Å². The molecule has 4 saturated carbocycles. The van der Waals surface area contributed by atoms with E-state index in [1.165, 1.54) is 110 Å². The summed E-state index contributed by atoms with van der Waals surface area (Å²) in [6.45, 7) is 0. The van der Waals surface area contributed by atoms with Gasteiger partial charge in [-0.3, -0.25) is 0 Å². The van der Waals surface area contributed by atoms with Crippen LogP contribution in [0.2, 0.25) is 0 Å². The Labute approximate surface area is 340 Å². The van der Waals surface area contributed by atoms with Crippen LogP contribution in [0.5, 0.6) is 0 Å². The Balaban J connectivity index is 1.02. The van der Waals surface area contributed by atoms with E-state index < -0.39 is 0 Å². The fraction of sp³-hybridized carbons (Fsp3) is 0.179. The van der Waals surface area contributed by atoms with Crippen LogP contribution in [0.25, 0.3) is 60.5 Å². The van der Waals surface area contributed by atoms with Crippen molar-refractivity contribution in [1.29, 1.82) is 0 Å². The van der Waals surface area contributed by atoms with E-state index in [-0.39, 0.29) is 5.41 Å². The van der Waals surface area contributed by atoms with Gasteiger partial charge in [0.2, 0.25) is 0 Å². The molecule has 1 heterocycles. The highest BCUT2D eigenvalue weighted by atomic mass is 15.1. The lowest BCUT2D eigenvalue weighted by Crippen LogP contribution is -2.55. The summed E-state index contributed by atoms with van der Waals surface area (Å²) in [5.74, 6) is 3.07. The predicted octanol–water partition coefficient (Wildman–Crippen LogP) is 14.8. The molecule has 9 aromatic rings. The third-order valence-electron chi connectivity index (χ3n) is 14.9. The number of nitrogens with zero attached hydrogens (tertiary/aromatic N) is 2. The first-order chi connectivity index (χ1) is 28.7. The van der Waals surface area contributed by atoms with E-state index in [4.69, 9.17) is 0 Å². The van der Waals surface area contributed by atoms with Crippen molar-refractivity contribution < 1.29 is 0 Å². The maximum absolute atomic E-state index is 2.64. The molecule has 5 aliphatic carbocycles. The minimum Gasteiger partial charge on any atom is -0.310 e. The lowest BCUT2D eigenvalue weighted by atomic mass is 9.43. The summed E-state index contributed by atoms with van der Waals surface area (Å²) in [6.07, 6.45) is 6.85. The van der Waals surface area contributed by atoms with Gasteiger partial charge in [-0.05, 0) is 161 Å². The summed E-state index contributed by atoms with van der Waals surface area (Å²) in [4.78, 5) is 2.51. The molecule has 4 fully saturated rings. The molecule has 14 rings (SSSR count). The van der Waals surface area contributed by atoms with E-state index in [9.17, 15) is 0 Å². The summed E-state index contributed by atoms with van der Waals surface area (Å²) in [7, 11) is 0. The first-order valence-electron chi connectivity index (χ1n) is 21.4. The molecule has 0 saturated heterocycles. The number of hydrogen-bond donors (Lipinski definition) is 0. The molecule has 8 aromatic carbocycles. The van der Waals surface area contributed by atoms with Crippen molar-refractivity contribution in [2.24, 2.45) is 23.7 Å². The quantitative estimate of drug-likeness (QED) is 0.170. The largest absolute Gasteiger partial charge is 0.310 e. The Morgan fingerprint density at radius 1 is 0.414 bits per heavy atom. The minimum absolute atomic E-state index is 0.00902. The van der Waals surface area contributed by atoms with E-state index in [1.807, 2.05) is 0 Å². The molecular weight excluding hydrogens is 701 g/mol. The molecule has 0 aliphatic heterocycles. The van der Waals surface area contributed by atoms with Crippen molar-refractivity contribution >= 4 is 49.6 Å². The maximum Gasteiger partial charge on any atom is 0.0541 e. The van der Waals surface area contributed by atoms with Crippen LogP contribution in [0.4, 0.5) is 17.1 Å². The minimum atomic E-state index is 0.00902. The van der Waals surface area contributed by atoms with Crippen LogP contribution in [0.3, 0.4) is 0 Å². The Hall–Kier alpha value is -6.38. The van der Waals surface area contributed by atoms with E-state index >= 15 is 0 Å². The van der Waals surface area contributed by atoms with Gasteiger partial charge < -0.3 is 9.47 Å². The van der Waals surface area contributed by atoms with Crippen LogP contribution in [0.1, 0.15) is 43.2 Å². The van der Waals surface area contributed by atoms with Gasteiger partial charge in [0.1, 0.15) is 0 Å². The number of benzene rings is 8. The van der Waals surface area contributed by atoms with Crippen molar-refractivity contribution in [2.45, 2.75) is 37.5 Å². The molecule has 0 unspecified atom stereocenters. The second kappa shape index (κ2) is 12.3. The highest BCUT2D eigenvalue weighted by Gasteiger charge is 2.61. The first kappa shape index (κ1) is 32.7. The second-order valence-electron chi connectivity index (χ2n) is 17.8. The van der Waals surface area contributed by atoms with Crippen LogP contribution in [0, 0.1) is 23.7 Å². The summed E-state index contributed by atoms with van der Waals surface area (Å²) < 4.78 is 2.53. The van der Waals surface area contributed by atoms with Gasteiger partial charge in [-0.25, -0.2) is 0 Å². The topological polar surface area (TPSA) is 8.17 Å². The Morgan fingerprint density at radius 2 is 0.948 bits per heavy atom. The van der Waals surface area contributed by atoms with E-state index in [0.29, 0.717) is 11.8 Å². The Bertz CT molecular complexity index is 3000. The molecular formula is C56H44N2. The van der Waals surface area contributed by atoms with Crippen molar-refractivity contribution in [3.8, 4) is 27.9 Å². The van der Waals surface area contributed by atoms with Gasteiger partial charge in [-0.15, -0.1) is 0 Å². The molecule has 2 nitrogen and oxygen atoms in total. The average Bonchev–Trinajstić information content (AvgIpc) is 3.76. The number of hydrogen-bond acceptors (Lipinski definition) is 1. The molecule has 5 aliphatic rings. The van der Waals surface area contributed by atoms with Crippen LogP contribution in [-0.2, 0) is 5.41 Å². The molecule has 278 valence electrons. The van der Waals surface area contributed by atoms with Gasteiger partial charge in [0.05, 0.1) is 11.0 Å². The smallest absolute Gasteiger partial charge is 0.0541 e. The fourth-order valence-corrected chi connectivity index (χ4v) is 12.8. The molecule has 0 N–H and O–H groups in total. The highest BCUT2D eigenvalue weighted by molar-refractivity contribution is 6.09. The Morgan fingerprint density at radius 3 is 1.66 bits per heavy atom. The normalized spacial score (nSPS) is 22.6. The van der Waals surface area contributed by atoms with Crippen molar-refractivity contribution in [3.63, 3.8) is 0 Å².